The highest BCUT2D eigenvalue weighted by Crippen LogP contribution is 2.26. The molecule has 1 aromatic rings. The minimum atomic E-state index is 0.252. The van der Waals surface area contributed by atoms with Gasteiger partial charge in [-0.3, -0.25) is 14.7 Å². The molecule has 1 atom stereocenters. The van der Waals surface area contributed by atoms with Crippen molar-refractivity contribution >= 4 is 29.1 Å². The lowest BCUT2D eigenvalue weighted by molar-refractivity contribution is -0.131. The summed E-state index contributed by atoms with van der Waals surface area (Å²) in [7, 11) is 1.72. The number of nitrogens with zero attached hydrogens (tertiary/aromatic N) is 3. The number of hydrogen-bond donors (Lipinski definition) is 2. The van der Waals surface area contributed by atoms with Crippen LogP contribution in [0.1, 0.15) is 29.5 Å². The molecule has 0 unspecified atom stereocenters. The number of aliphatic imine (C=N–C) groups is 1. The van der Waals surface area contributed by atoms with Crippen LogP contribution in [0, 0.1) is 6.92 Å². The van der Waals surface area contributed by atoms with Gasteiger partial charge in [-0.05, 0) is 55.3 Å². The van der Waals surface area contributed by atoms with Crippen molar-refractivity contribution in [1.82, 2.24) is 15.2 Å². The summed E-state index contributed by atoms with van der Waals surface area (Å²) in [4.78, 5) is 21.1. The molecule has 0 bridgehead atoms. The first-order valence-corrected chi connectivity index (χ1v) is 11.1. The number of carbonyl (C=O) groups excluding carboxylic acids is 1. The highest BCUT2D eigenvalue weighted by Gasteiger charge is 2.26. The van der Waals surface area contributed by atoms with E-state index < -0.39 is 0 Å². The number of amidine groups is 1. The predicted molar refractivity (Wildman–Crippen MR) is 118 cm³/mol. The maximum atomic E-state index is 12.7. The van der Waals surface area contributed by atoms with E-state index in [1.165, 1.54) is 23.1 Å². The number of nitrogens with two attached hydrogens (primary N) is 1. The first-order chi connectivity index (χ1) is 13.5. The Morgan fingerprint density at radius 2 is 2.21 bits per heavy atom. The van der Waals surface area contributed by atoms with Gasteiger partial charge in [0.25, 0.3) is 0 Å². The molecule has 0 saturated carbocycles. The van der Waals surface area contributed by atoms with E-state index in [2.05, 4.69) is 46.7 Å². The van der Waals surface area contributed by atoms with Crippen LogP contribution >= 0.6 is 11.8 Å². The number of likely N-dealkylation sites (tertiary alicyclic amines) is 1. The Labute approximate surface area is 172 Å². The van der Waals surface area contributed by atoms with Gasteiger partial charge in [-0.15, -0.1) is 0 Å². The molecular formula is C21H31N5OS. The van der Waals surface area contributed by atoms with Gasteiger partial charge in [0.15, 0.2) is 0 Å². The molecule has 7 heteroatoms. The number of amides is 1. The molecule has 0 spiro atoms. The van der Waals surface area contributed by atoms with Gasteiger partial charge in [-0.1, -0.05) is 18.2 Å². The number of nitrogens with one attached hydrogen (secondary N) is 1. The first kappa shape index (κ1) is 20.9. The molecule has 1 aromatic carbocycles. The summed E-state index contributed by atoms with van der Waals surface area (Å²) < 4.78 is 0. The molecule has 0 aliphatic carbocycles. The third-order valence-corrected chi connectivity index (χ3v) is 6.74. The van der Waals surface area contributed by atoms with Crippen LogP contribution in [0.5, 0.6) is 0 Å². The van der Waals surface area contributed by atoms with Gasteiger partial charge in [0.05, 0.1) is 6.54 Å². The van der Waals surface area contributed by atoms with Crippen molar-refractivity contribution in [2.75, 3.05) is 46.0 Å². The summed E-state index contributed by atoms with van der Waals surface area (Å²) in [5.74, 6) is 6.46. The minimum Gasteiger partial charge on any atom is -0.338 e. The van der Waals surface area contributed by atoms with Gasteiger partial charge in [0, 0.05) is 37.5 Å². The summed E-state index contributed by atoms with van der Waals surface area (Å²) >= 11 is 1.91. The second-order valence-corrected chi connectivity index (χ2v) is 8.58. The lowest BCUT2D eigenvalue weighted by Gasteiger charge is -2.29. The van der Waals surface area contributed by atoms with Gasteiger partial charge >= 0.3 is 0 Å². The molecular weight excluding hydrogens is 370 g/mol. The van der Waals surface area contributed by atoms with Gasteiger partial charge in [0.2, 0.25) is 5.91 Å². The normalized spacial score (nSPS) is 21.0. The molecule has 28 heavy (non-hydrogen) atoms. The number of benzene rings is 1. The molecule has 3 N–H and O–H groups in total. The molecule has 0 radical (unpaired) electrons. The lowest BCUT2D eigenvalue weighted by atomic mass is 9.94. The molecule has 2 heterocycles. The van der Waals surface area contributed by atoms with Crippen molar-refractivity contribution in [2.45, 2.75) is 25.0 Å². The SMILES string of the molecule is CN=C(NN)c1ccc(C2=CCN(C(=O)CN3CC[C@H](SC)C3)CC2)c(C)c1. The Kier molecular flexibility index (Phi) is 7.15. The van der Waals surface area contributed by atoms with Crippen molar-refractivity contribution in [1.29, 1.82) is 0 Å². The summed E-state index contributed by atoms with van der Waals surface area (Å²) in [6.07, 6.45) is 6.44. The Morgan fingerprint density at radius 3 is 2.79 bits per heavy atom. The molecule has 2 aliphatic rings. The van der Waals surface area contributed by atoms with Crippen LogP contribution in [0.25, 0.3) is 5.57 Å². The largest absolute Gasteiger partial charge is 0.338 e. The maximum absolute atomic E-state index is 12.7. The van der Waals surface area contributed by atoms with E-state index >= 15 is 0 Å². The number of thioether (sulfide) groups is 1. The summed E-state index contributed by atoms with van der Waals surface area (Å²) in [6, 6.07) is 6.27. The van der Waals surface area contributed by atoms with Crippen LogP contribution in [0.2, 0.25) is 0 Å². The Morgan fingerprint density at radius 1 is 1.39 bits per heavy atom. The quantitative estimate of drug-likeness (QED) is 0.341. The molecule has 0 aromatic heterocycles. The molecule has 1 amide bonds. The molecule has 1 saturated heterocycles. The zero-order chi connectivity index (χ0) is 20.1. The van der Waals surface area contributed by atoms with E-state index in [0.717, 1.165) is 31.6 Å². The average Bonchev–Trinajstić information content (AvgIpc) is 3.17. The average molecular weight is 402 g/mol. The van der Waals surface area contributed by atoms with Crippen LogP contribution in [0.15, 0.2) is 29.3 Å². The molecule has 2 aliphatic heterocycles. The van der Waals surface area contributed by atoms with Gasteiger partial charge in [-0.2, -0.15) is 11.8 Å². The second kappa shape index (κ2) is 9.58. The summed E-state index contributed by atoms with van der Waals surface area (Å²) in [5, 5.41) is 0.680. The third-order valence-electron chi connectivity index (χ3n) is 5.69. The number of aryl methyl sites for hydroxylation is 1. The van der Waals surface area contributed by atoms with Crippen LogP contribution < -0.4 is 11.3 Å². The van der Waals surface area contributed by atoms with Crippen molar-refractivity contribution in [2.24, 2.45) is 10.8 Å². The van der Waals surface area contributed by atoms with Crippen molar-refractivity contribution in [3.05, 3.63) is 41.0 Å². The summed E-state index contributed by atoms with van der Waals surface area (Å²) in [5.41, 5.74) is 7.36. The standard InChI is InChI=1S/C21H31N5OS/c1-15-12-17(21(23-2)24-22)4-5-19(15)16-6-10-26(11-7-16)20(27)14-25-9-8-18(13-25)28-3/h4-6,12,18H,7-11,13-14,22H2,1-3H3,(H,23,24)/t18-/m0/s1. The molecule has 6 nitrogen and oxygen atoms in total. The topological polar surface area (TPSA) is 74.0 Å². The van der Waals surface area contributed by atoms with Gasteiger partial charge in [0.1, 0.15) is 5.84 Å². The smallest absolute Gasteiger partial charge is 0.237 e. The van der Waals surface area contributed by atoms with E-state index in [1.54, 1.807) is 7.05 Å². The zero-order valence-electron chi connectivity index (χ0n) is 17.1. The molecule has 152 valence electrons. The second-order valence-electron chi connectivity index (χ2n) is 7.45. The zero-order valence-corrected chi connectivity index (χ0v) is 17.9. The monoisotopic (exact) mass is 401 g/mol. The van der Waals surface area contributed by atoms with Gasteiger partial charge in [-0.25, -0.2) is 5.84 Å². The minimum absolute atomic E-state index is 0.252. The molecule has 3 rings (SSSR count). The summed E-state index contributed by atoms with van der Waals surface area (Å²) in [6.45, 7) is 6.22. The highest BCUT2D eigenvalue weighted by molar-refractivity contribution is 7.99. The van der Waals surface area contributed by atoms with Crippen LogP contribution in [-0.2, 0) is 4.79 Å². The Balaban J connectivity index is 1.61. The lowest BCUT2D eigenvalue weighted by Crippen LogP contribution is -2.41. The van der Waals surface area contributed by atoms with Crippen LogP contribution in [-0.4, -0.2) is 72.8 Å². The van der Waals surface area contributed by atoms with E-state index in [-0.39, 0.29) is 5.91 Å². The Bertz CT molecular complexity index is 776. The van der Waals surface area contributed by atoms with E-state index in [9.17, 15) is 4.79 Å². The number of hydrogen-bond acceptors (Lipinski definition) is 5. The van der Waals surface area contributed by atoms with Crippen LogP contribution in [0.3, 0.4) is 0 Å². The van der Waals surface area contributed by atoms with E-state index in [4.69, 9.17) is 5.84 Å². The van der Waals surface area contributed by atoms with Crippen LogP contribution in [0.4, 0.5) is 0 Å². The number of carbonyl (C=O) groups is 1. The number of rotatable bonds is 5. The molecule has 1 fully saturated rings. The fraction of sp³-hybridized carbons (Fsp3) is 0.524. The van der Waals surface area contributed by atoms with Gasteiger partial charge < -0.3 is 10.3 Å². The van der Waals surface area contributed by atoms with Crippen molar-refractivity contribution in [3.63, 3.8) is 0 Å². The fourth-order valence-electron chi connectivity index (χ4n) is 4.01. The Hall–Kier alpha value is -1.83. The van der Waals surface area contributed by atoms with E-state index in [0.29, 0.717) is 24.2 Å². The third kappa shape index (κ3) is 4.77. The predicted octanol–water partition coefficient (Wildman–Crippen LogP) is 1.89. The fourth-order valence-corrected chi connectivity index (χ4v) is 4.71. The number of hydrazine groups is 1. The highest BCUT2D eigenvalue weighted by atomic mass is 32.2. The van der Waals surface area contributed by atoms with Crippen molar-refractivity contribution in [3.8, 4) is 0 Å². The van der Waals surface area contributed by atoms with E-state index in [1.807, 2.05) is 22.7 Å². The first-order valence-electron chi connectivity index (χ1n) is 9.82. The maximum Gasteiger partial charge on any atom is 0.237 e. The van der Waals surface area contributed by atoms with Crippen molar-refractivity contribution < 1.29 is 4.79 Å².